The molecule has 1 aromatic heterocycles. The average Bonchev–Trinajstić information content (AvgIpc) is 2.88. The summed E-state index contributed by atoms with van der Waals surface area (Å²) in [5.74, 6) is 0. The Morgan fingerprint density at radius 2 is 2.00 bits per heavy atom. The number of benzene rings is 1. The van der Waals surface area contributed by atoms with Crippen molar-refractivity contribution in [1.82, 2.24) is 4.98 Å². The molecule has 1 saturated carbocycles. The van der Waals surface area contributed by atoms with Gasteiger partial charge in [-0.15, -0.1) is 0 Å². The molecule has 0 atom stereocenters. The van der Waals surface area contributed by atoms with E-state index < -0.39 is 0 Å². The van der Waals surface area contributed by atoms with E-state index in [1.54, 1.807) is 0 Å². The maximum atomic E-state index is 6.02. The van der Waals surface area contributed by atoms with E-state index in [9.17, 15) is 0 Å². The van der Waals surface area contributed by atoms with Crippen LogP contribution in [0.2, 0.25) is 0 Å². The zero-order valence-corrected chi connectivity index (χ0v) is 10.0. The van der Waals surface area contributed by atoms with Gasteiger partial charge >= 0.3 is 0 Å². The second kappa shape index (κ2) is 4.11. The van der Waals surface area contributed by atoms with Crippen LogP contribution >= 0.6 is 0 Å². The van der Waals surface area contributed by atoms with Gasteiger partial charge in [0, 0.05) is 23.5 Å². The molecular formula is C15H18N2. The smallest absolute Gasteiger partial charge is 0.0704 e. The molecule has 1 fully saturated rings. The van der Waals surface area contributed by atoms with Crippen molar-refractivity contribution in [2.45, 2.75) is 31.1 Å². The van der Waals surface area contributed by atoms with E-state index >= 15 is 0 Å². The number of fused-ring (bicyclic) bond motifs is 1. The van der Waals surface area contributed by atoms with Crippen molar-refractivity contribution in [3.63, 3.8) is 0 Å². The summed E-state index contributed by atoms with van der Waals surface area (Å²) in [6.45, 7) is 0.755. The van der Waals surface area contributed by atoms with Crippen LogP contribution in [0.15, 0.2) is 36.5 Å². The van der Waals surface area contributed by atoms with Crippen LogP contribution in [0.5, 0.6) is 0 Å². The van der Waals surface area contributed by atoms with Crippen LogP contribution in [0.4, 0.5) is 0 Å². The fraction of sp³-hybridized carbons (Fsp3) is 0.400. The molecule has 2 N–H and O–H groups in total. The Balaban J connectivity index is 2.10. The summed E-state index contributed by atoms with van der Waals surface area (Å²) in [6.07, 6.45) is 6.91. The van der Waals surface area contributed by atoms with E-state index in [2.05, 4.69) is 29.2 Å². The number of hydrogen-bond donors (Lipinski definition) is 1. The molecule has 0 amide bonds. The number of rotatable bonds is 2. The minimum atomic E-state index is 0.214. The lowest BCUT2D eigenvalue weighted by molar-refractivity contribution is 0.453. The molecule has 1 aliphatic rings. The van der Waals surface area contributed by atoms with E-state index in [4.69, 9.17) is 5.73 Å². The third-order valence-corrected chi connectivity index (χ3v) is 4.17. The Kier molecular flexibility index (Phi) is 2.60. The Hall–Kier alpha value is -1.41. The van der Waals surface area contributed by atoms with Gasteiger partial charge in [0.15, 0.2) is 0 Å². The second-order valence-electron chi connectivity index (χ2n) is 5.10. The first-order valence-electron chi connectivity index (χ1n) is 6.39. The van der Waals surface area contributed by atoms with Crippen LogP contribution in [0.25, 0.3) is 10.9 Å². The first-order chi connectivity index (χ1) is 8.34. The molecular weight excluding hydrogens is 208 g/mol. The molecule has 2 heteroatoms. The third-order valence-electron chi connectivity index (χ3n) is 4.17. The lowest BCUT2D eigenvalue weighted by Gasteiger charge is -2.28. The monoisotopic (exact) mass is 226 g/mol. The molecule has 0 aliphatic heterocycles. The van der Waals surface area contributed by atoms with Crippen molar-refractivity contribution in [2.75, 3.05) is 6.54 Å². The van der Waals surface area contributed by atoms with Gasteiger partial charge in [-0.2, -0.15) is 0 Å². The van der Waals surface area contributed by atoms with Crippen LogP contribution in [0, 0.1) is 0 Å². The Labute approximate surface area is 102 Å². The highest BCUT2D eigenvalue weighted by molar-refractivity contribution is 5.79. The summed E-state index contributed by atoms with van der Waals surface area (Å²) >= 11 is 0. The van der Waals surface area contributed by atoms with E-state index in [0.717, 1.165) is 12.1 Å². The van der Waals surface area contributed by atoms with Crippen molar-refractivity contribution in [3.05, 3.63) is 42.1 Å². The summed E-state index contributed by atoms with van der Waals surface area (Å²) in [4.78, 5) is 4.44. The highest BCUT2D eigenvalue weighted by Crippen LogP contribution is 2.40. The lowest BCUT2D eigenvalue weighted by atomic mass is 9.79. The minimum absolute atomic E-state index is 0.214. The van der Waals surface area contributed by atoms with Gasteiger partial charge in [0.25, 0.3) is 0 Å². The maximum absolute atomic E-state index is 6.02. The van der Waals surface area contributed by atoms with Gasteiger partial charge in [0.1, 0.15) is 0 Å². The highest BCUT2D eigenvalue weighted by Gasteiger charge is 2.34. The second-order valence-corrected chi connectivity index (χ2v) is 5.10. The standard InChI is InChI=1S/C15H18N2/c16-11-15(7-1-2-8-15)13-6-5-12-4-3-9-17-14(12)10-13/h3-6,9-10H,1-2,7-8,11,16H2. The SMILES string of the molecule is NCC1(c2ccc3cccnc3c2)CCCC1. The van der Waals surface area contributed by atoms with Crippen LogP contribution in [-0.2, 0) is 5.41 Å². The van der Waals surface area contributed by atoms with Crippen molar-refractivity contribution >= 4 is 10.9 Å². The topological polar surface area (TPSA) is 38.9 Å². The van der Waals surface area contributed by atoms with Gasteiger partial charge in [0.05, 0.1) is 5.52 Å². The van der Waals surface area contributed by atoms with E-state index in [0.29, 0.717) is 0 Å². The maximum Gasteiger partial charge on any atom is 0.0704 e. The average molecular weight is 226 g/mol. The number of pyridine rings is 1. The van der Waals surface area contributed by atoms with Crippen molar-refractivity contribution in [3.8, 4) is 0 Å². The summed E-state index contributed by atoms with van der Waals surface area (Å²) < 4.78 is 0. The van der Waals surface area contributed by atoms with Crippen molar-refractivity contribution in [1.29, 1.82) is 0 Å². The number of nitrogens with two attached hydrogens (primary N) is 1. The van der Waals surface area contributed by atoms with Crippen LogP contribution in [0.3, 0.4) is 0 Å². The summed E-state index contributed by atoms with van der Waals surface area (Å²) in [6, 6.07) is 10.7. The zero-order valence-electron chi connectivity index (χ0n) is 10.0. The van der Waals surface area contributed by atoms with Gasteiger partial charge in [-0.3, -0.25) is 4.98 Å². The predicted octanol–water partition coefficient (Wildman–Crippen LogP) is 3.01. The minimum Gasteiger partial charge on any atom is -0.330 e. The number of hydrogen-bond acceptors (Lipinski definition) is 2. The molecule has 1 aromatic carbocycles. The number of aromatic nitrogens is 1. The first-order valence-corrected chi connectivity index (χ1v) is 6.39. The first kappa shape index (κ1) is 10.7. The largest absolute Gasteiger partial charge is 0.330 e. The van der Waals surface area contributed by atoms with Gasteiger partial charge in [-0.1, -0.05) is 31.0 Å². The van der Waals surface area contributed by atoms with Crippen LogP contribution in [-0.4, -0.2) is 11.5 Å². The van der Waals surface area contributed by atoms with Gasteiger partial charge in [-0.25, -0.2) is 0 Å². The van der Waals surface area contributed by atoms with E-state index in [-0.39, 0.29) is 5.41 Å². The molecule has 2 aromatic rings. The molecule has 1 aliphatic carbocycles. The molecule has 88 valence electrons. The molecule has 17 heavy (non-hydrogen) atoms. The van der Waals surface area contributed by atoms with Crippen molar-refractivity contribution in [2.24, 2.45) is 5.73 Å². The third kappa shape index (κ3) is 1.73. The van der Waals surface area contributed by atoms with Gasteiger partial charge < -0.3 is 5.73 Å². The zero-order chi connectivity index (χ0) is 11.7. The Bertz CT molecular complexity index is 527. The van der Waals surface area contributed by atoms with Crippen LogP contribution in [0.1, 0.15) is 31.2 Å². The fourth-order valence-electron chi connectivity index (χ4n) is 3.06. The molecule has 0 spiro atoms. The summed E-state index contributed by atoms with van der Waals surface area (Å²) in [5, 5.41) is 1.21. The highest BCUT2D eigenvalue weighted by atomic mass is 14.7. The molecule has 3 rings (SSSR count). The molecule has 0 bridgehead atoms. The molecule has 0 saturated heterocycles. The quantitative estimate of drug-likeness (QED) is 0.855. The van der Waals surface area contributed by atoms with E-state index in [1.807, 2.05) is 12.3 Å². The van der Waals surface area contributed by atoms with Crippen LogP contribution < -0.4 is 5.73 Å². The normalized spacial score (nSPS) is 18.6. The number of nitrogens with zero attached hydrogens (tertiary/aromatic N) is 1. The summed E-state index contributed by atoms with van der Waals surface area (Å²) in [5.41, 5.74) is 8.70. The molecule has 0 radical (unpaired) electrons. The predicted molar refractivity (Wildman–Crippen MR) is 70.9 cm³/mol. The van der Waals surface area contributed by atoms with Crippen molar-refractivity contribution < 1.29 is 0 Å². The Morgan fingerprint density at radius 1 is 1.18 bits per heavy atom. The Morgan fingerprint density at radius 3 is 2.76 bits per heavy atom. The van der Waals surface area contributed by atoms with Gasteiger partial charge in [0.2, 0.25) is 0 Å². The fourth-order valence-corrected chi connectivity index (χ4v) is 3.06. The molecule has 1 heterocycles. The molecule has 2 nitrogen and oxygen atoms in total. The molecule has 0 unspecified atom stereocenters. The van der Waals surface area contributed by atoms with Gasteiger partial charge in [-0.05, 0) is 30.5 Å². The summed E-state index contributed by atoms with van der Waals surface area (Å²) in [7, 11) is 0. The lowest BCUT2D eigenvalue weighted by Crippen LogP contribution is -2.31. The van der Waals surface area contributed by atoms with E-state index in [1.165, 1.54) is 36.6 Å².